The van der Waals surface area contributed by atoms with E-state index in [1.54, 1.807) is 11.8 Å². The number of nitrogens with zero attached hydrogens (tertiary/aromatic N) is 1. The Balaban J connectivity index is 3.25. The summed E-state index contributed by atoms with van der Waals surface area (Å²) in [4.78, 5) is 1.05. The van der Waals surface area contributed by atoms with Crippen molar-refractivity contribution in [2.75, 3.05) is 6.26 Å². The third kappa shape index (κ3) is 1.48. The number of aromatic nitrogens is 1. The van der Waals surface area contributed by atoms with Gasteiger partial charge in [0.2, 0.25) is 5.69 Å². The van der Waals surface area contributed by atoms with Gasteiger partial charge in [-0.1, -0.05) is 0 Å². The normalized spacial score (nSPS) is 10.1. The number of hydrogen-bond acceptors (Lipinski definition) is 2. The average molecular weight is 169 g/mol. The molecule has 0 bridgehead atoms. The van der Waals surface area contributed by atoms with Crippen LogP contribution in [0, 0.1) is 19.1 Å². The van der Waals surface area contributed by atoms with Gasteiger partial charge in [-0.15, -0.1) is 11.8 Å². The van der Waals surface area contributed by atoms with Crippen LogP contribution in [0.15, 0.2) is 17.0 Å². The van der Waals surface area contributed by atoms with Crippen LogP contribution in [0.4, 0.5) is 0 Å². The second-order valence-corrected chi connectivity index (χ2v) is 3.27. The van der Waals surface area contributed by atoms with Crippen LogP contribution < -0.4 is 4.73 Å². The maximum Gasteiger partial charge on any atom is 0.203 e. The Kier molecular flexibility index (Phi) is 2.39. The first-order chi connectivity index (χ1) is 5.16. The van der Waals surface area contributed by atoms with E-state index in [0.717, 1.165) is 21.0 Å². The first-order valence-electron chi connectivity index (χ1n) is 3.40. The molecule has 0 amide bonds. The first kappa shape index (κ1) is 8.40. The van der Waals surface area contributed by atoms with E-state index in [4.69, 9.17) is 0 Å². The molecule has 0 saturated heterocycles. The van der Waals surface area contributed by atoms with E-state index in [9.17, 15) is 5.21 Å². The summed E-state index contributed by atoms with van der Waals surface area (Å²) in [6.07, 6.45) is 1.97. The summed E-state index contributed by atoms with van der Waals surface area (Å²) in [5, 5.41) is 11.3. The number of pyridine rings is 1. The van der Waals surface area contributed by atoms with Crippen molar-refractivity contribution in [2.24, 2.45) is 0 Å². The smallest absolute Gasteiger partial charge is 0.203 e. The summed E-state index contributed by atoms with van der Waals surface area (Å²) in [6.45, 7) is 3.65. The van der Waals surface area contributed by atoms with Crippen molar-refractivity contribution >= 4 is 11.8 Å². The summed E-state index contributed by atoms with van der Waals surface area (Å²) >= 11 is 1.60. The van der Waals surface area contributed by atoms with E-state index < -0.39 is 0 Å². The minimum atomic E-state index is 0.750. The van der Waals surface area contributed by atoms with Crippen molar-refractivity contribution in [3.05, 3.63) is 28.7 Å². The first-order valence-corrected chi connectivity index (χ1v) is 4.63. The standard InChI is InChI=1S/C8H11NOS/c1-6-4-5-8(11-3)7(2)9(6)10/h4-5H,1-3H3. The zero-order chi connectivity index (χ0) is 8.43. The Hall–Kier alpha value is -0.700. The molecule has 1 aromatic rings. The van der Waals surface area contributed by atoms with Gasteiger partial charge in [-0.2, -0.15) is 4.73 Å². The Labute approximate surface area is 70.8 Å². The molecular weight excluding hydrogens is 158 g/mol. The summed E-state index contributed by atoms with van der Waals surface area (Å²) in [7, 11) is 0. The molecule has 0 unspecified atom stereocenters. The van der Waals surface area contributed by atoms with Gasteiger partial charge in [-0.3, -0.25) is 0 Å². The number of aryl methyl sites for hydroxylation is 1. The molecular formula is C8H11NOS. The fourth-order valence-corrected chi connectivity index (χ4v) is 1.55. The lowest BCUT2D eigenvalue weighted by atomic mass is 10.3. The van der Waals surface area contributed by atoms with E-state index in [1.807, 2.05) is 32.2 Å². The van der Waals surface area contributed by atoms with Crippen LogP contribution in [0.2, 0.25) is 0 Å². The summed E-state index contributed by atoms with van der Waals surface area (Å²) < 4.78 is 0.964. The molecule has 1 heterocycles. The molecule has 0 radical (unpaired) electrons. The van der Waals surface area contributed by atoms with Gasteiger partial charge < -0.3 is 5.21 Å². The molecule has 11 heavy (non-hydrogen) atoms. The third-order valence-corrected chi connectivity index (χ3v) is 2.55. The number of thioether (sulfide) groups is 1. The molecule has 0 saturated carbocycles. The molecule has 3 heteroatoms. The predicted octanol–water partition coefficient (Wildman–Crippen LogP) is 1.66. The second kappa shape index (κ2) is 3.13. The highest BCUT2D eigenvalue weighted by atomic mass is 32.2. The van der Waals surface area contributed by atoms with Gasteiger partial charge in [0, 0.05) is 19.9 Å². The van der Waals surface area contributed by atoms with Crippen molar-refractivity contribution in [2.45, 2.75) is 18.7 Å². The topological polar surface area (TPSA) is 26.9 Å². The molecule has 0 aliphatic heterocycles. The molecule has 0 fully saturated rings. The fraction of sp³-hybridized carbons (Fsp3) is 0.375. The quantitative estimate of drug-likeness (QED) is 0.363. The van der Waals surface area contributed by atoms with Crippen molar-refractivity contribution in [1.82, 2.24) is 0 Å². The molecule has 0 aliphatic carbocycles. The van der Waals surface area contributed by atoms with Crippen LogP contribution in [-0.2, 0) is 0 Å². The molecule has 0 aliphatic rings. The van der Waals surface area contributed by atoms with Crippen molar-refractivity contribution in [3.63, 3.8) is 0 Å². The monoisotopic (exact) mass is 169 g/mol. The largest absolute Gasteiger partial charge is 0.618 e. The highest BCUT2D eigenvalue weighted by molar-refractivity contribution is 7.98. The van der Waals surface area contributed by atoms with Crippen molar-refractivity contribution in [3.8, 4) is 0 Å². The zero-order valence-corrected chi connectivity index (χ0v) is 7.73. The molecule has 2 nitrogen and oxygen atoms in total. The molecule has 0 aromatic carbocycles. The van der Waals surface area contributed by atoms with Gasteiger partial charge in [0.05, 0.1) is 4.90 Å². The van der Waals surface area contributed by atoms with Crippen LogP contribution in [0.5, 0.6) is 0 Å². The molecule has 0 atom stereocenters. The Morgan fingerprint density at radius 3 is 2.55 bits per heavy atom. The Morgan fingerprint density at radius 1 is 1.36 bits per heavy atom. The van der Waals surface area contributed by atoms with Gasteiger partial charge in [-0.25, -0.2) is 0 Å². The summed E-state index contributed by atoms with van der Waals surface area (Å²) in [5.41, 5.74) is 1.54. The average Bonchev–Trinajstić information content (AvgIpc) is 2.01. The van der Waals surface area contributed by atoms with Crippen LogP contribution in [0.3, 0.4) is 0 Å². The highest BCUT2D eigenvalue weighted by Gasteiger charge is 2.07. The van der Waals surface area contributed by atoms with Crippen molar-refractivity contribution < 1.29 is 4.73 Å². The predicted molar refractivity (Wildman–Crippen MR) is 46.7 cm³/mol. The van der Waals surface area contributed by atoms with Crippen LogP contribution in [-0.4, -0.2) is 6.26 Å². The van der Waals surface area contributed by atoms with E-state index in [2.05, 4.69) is 0 Å². The number of hydrogen-bond donors (Lipinski definition) is 0. The minimum Gasteiger partial charge on any atom is -0.618 e. The molecule has 0 spiro atoms. The van der Waals surface area contributed by atoms with Crippen LogP contribution in [0.25, 0.3) is 0 Å². The zero-order valence-electron chi connectivity index (χ0n) is 6.92. The van der Waals surface area contributed by atoms with Gasteiger partial charge in [-0.05, 0) is 12.3 Å². The van der Waals surface area contributed by atoms with E-state index in [1.165, 1.54) is 0 Å². The second-order valence-electron chi connectivity index (χ2n) is 2.42. The SMILES string of the molecule is CSc1ccc(C)[n+]([O-])c1C. The van der Waals surface area contributed by atoms with Crippen LogP contribution >= 0.6 is 11.8 Å². The van der Waals surface area contributed by atoms with Gasteiger partial charge in [0.15, 0.2) is 5.69 Å². The van der Waals surface area contributed by atoms with Crippen molar-refractivity contribution in [1.29, 1.82) is 0 Å². The third-order valence-electron chi connectivity index (χ3n) is 1.68. The van der Waals surface area contributed by atoms with Gasteiger partial charge >= 0.3 is 0 Å². The lowest BCUT2D eigenvalue weighted by molar-refractivity contribution is -0.621. The lowest BCUT2D eigenvalue weighted by Gasteiger charge is -2.06. The van der Waals surface area contributed by atoms with E-state index in [-0.39, 0.29) is 0 Å². The maximum absolute atomic E-state index is 11.3. The highest BCUT2D eigenvalue weighted by Crippen LogP contribution is 2.16. The van der Waals surface area contributed by atoms with E-state index >= 15 is 0 Å². The van der Waals surface area contributed by atoms with Gasteiger partial charge in [0.1, 0.15) is 0 Å². The lowest BCUT2D eigenvalue weighted by Crippen LogP contribution is -2.33. The minimum absolute atomic E-state index is 0.750. The Bertz CT molecular complexity index is 273. The molecule has 1 rings (SSSR count). The molecule has 0 N–H and O–H groups in total. The molecule has 1 aromatic heterocycles. The molecule has 60 valence electrons. The Morgan fingerprint density at radius 2 is 2.00 bits per heavy atom. The summed E-state index contributed by atoms with van der Waals surface area (Å²) in [6, 6.07) is 3.82. The van der Waals surface area contributed by atoms with Crippen LogP contribution in [0.1, 0.15) is 11.4 Å². The van der Waals surface area contributed by atoms with E-state index in [0.29, 0.717) is 0 Å². The van der Waals surface area contributed by atoms with Gasteiger partial charge in [0.25, 0.3) is 0 Å². The number of rotatable bonds is 1. The summed E-state index contributed by atoms with van der Waals surface area (Å²) in [5.74, 6) is 0. The fourth-order valence-electron chi connectivity index (χ4n) is 0.965. The maximum atomic E-state index is 11.3.